The van der Waals surface area contributed by atoms with Gasteiger partial charge in [-0.05, 0) is 37.5 Å². The molecule has 23 heavy (non-hydrogen) atoms. The van der Waals surface area contributed by atoms with Crippen molar-refractivity contribution in [3.8, 4) is 5.75 Å². The second-order valence-electron chi connectivity index (χ2n) is 5.77. The normalized spacial score (nSPS) is 15.0. The van der Waals surface area contributed by atoms with Crippen molar-refractivity contribution in [2.24, 2.45) is 0 Å². The van der Waals surface area contributed by atoms with Gasteiger partial charge in [-0.15, -0.1) is 0 Å². The van der Waals surface area contributed by atoms with Gasteiger partial charge < -0.3 is 9.47 Å². The summed E-state index contributed by atoms with van der Waals surface area (Å²) in [5.74, 6) is 3.15. The molecule has 0 atom stereocenters. The maximum atomic E-state index is 11.8. The molecule has 1 saturated heterocycles. The Bertz CT molecular complexity index is 677. The molecule has 1 heterocycles. The van der Waals surface area contributed by atoms with Crippen LogP contribution in [0.1, 0.15) is 32.6 Å². The summed E-state index contributed by atoms with van der Waals surface area (Å²) in [7, 11) is 0.336. The quantitative estimate of drug-likeness (QED) is 0.337. The molecule has 4 heteroatoms. The zero-order valence-electron chi connectivity index (χ0n) is 13.5. The molecule has 0 N–H and O–H groups in total. The van der Waals surface area contributed by atoms with E-state index in [2.05, 4.69) is 25.1 Å². The Hall–Kier alpha value is -1.68. The molecule has 0 aliphatic carbocycles. The number of hydrogen-bond donors (Lipinski definition) is 0. The van der Waals surface area contributed by atoms with Gasteiger partial charge in [0.2, 0.25) is 0 Å². The highest BCUT2D eigenvalue weighted by atomic mass is 32.2. The number of rotatable bonds is 5. The molecule has 0 saturated carbocycles. The molecule has 2 aromatic carbocycles. The number of carbonyl (C=O) groups excluding carboxylic acids is 1. The predicted molar refractivity (Wildman–Crippen MR) is 95.4 cm³/mol. The van der Waals surface area contributed by atoms with Crippen LogP contribution in [0.2, 0.25) is 0 Å². The lowest BCUT2D eigenvalue weighted by molar-refractivity contribution is 0.0983. The van der Waals surface area contributed by atoms with Crippen molar-refractivity contribution in [1.29, 1.82) is 0 Å². The maximum absolute atomic E-state index is 11.8. The van der Waals surface area contributed by atoms with Gasteiger partial charge in [0, 0.05) is 21.7 Å². The number of benzene rings is 2. The summed E-state index contributed by atoms with van der Waals surface area (Å²) in [5, 5.41) is 2.20. The molecule has 0 radical (unpaired) electrons. The van der Waals surface area contributed by atoms with Crippen molar-refractivity contribution >= 4 is 27.8 Å². The van der Waals surface area contributed by atoms with E-state index in [-0.39, 0.29) is 0 Å². The van der Waals surface area contributed by atoms with E-state index in [0.717, 1.165) is 18.2 Å². The summed E-state index contributed by atoms with van der Waals surface area (Å²) in [4.78, 5) is 13.2. The van der Waals surface area contributed by atoms with Crippen LogP contribution in [-0.4, -0.2) is 24.3 Å². The van der Waals surface area contributed by atoms with Crippen LogP contribution in [0, 0.1) is 0 Å². The summed E-state index contributed by atoms with van der Waals surface area (Å²) >= 11 is 0. The maximum Gasteiger partial charge on any atom is 0.513 e. The first-order chi connectivity index (χ1) is 11.3. The first-order valence-corrected chi connectivity index (χ1v) is 9.89. The standard InChI is InChI=1S/C19H23O3S/c1-2-3-12-21-19(20)22-17-10-6-9-16-15(17)8-7-11-18(16)23-13-4-5-14-23/h6-11H,2-5,12-14H2,1H3/q+1. The summed E-state index contributed by atoms with van der Waals surface area (Å²) in [6.07, 6.45) is 3.88. The van der Waals surface area contributed by atoms with Crippen LogP contribution in [0.3, 0.4) is 0 Å². The first-order valence-electron chi connectivity index (χ1n) is 8.33. The van der Waals surface area contributed by atoms with Crippen LogP contribution in [0.25, 0.3) is 10.8 Å². The lowest BCUT2D eigenvalue weighted by Gasteiger charge is -2.10. The van der Waals surface area contributed by atoms with Crippen LogP contribution in [-0.2, 0) is 15.6 Å². The van der Waals surface area contributed by atoms with E-state index >= 15 is 0 Å². The Balaban J connectivity index is 1.84. The Morgan fingerprint density at radius 3 is 2.61 bits per heavy atom. The van der Waals surface area contributed by atoms with Gasteiger partial charge in [0.05, 0.1) is 6.61 Å². The van der Waals surface area contributed by atoms with Crippen LogP contribution < -0.4 is 4.74 Å². The molecule has 122 valence electrons. The molecule has 1 aliphatic rings. The van der Waals surface area contributed by atoms with Crippen molar-refractivity contribution in [2.45, 2.75) is 37.5 Å². The average Bonchev–Trinajstić information content (AvgIpc) is 3.09. The lowest BCUT2D eigenvalue weighted by Crippen LogP contribution is -2.11. The van der Waals surface area contributed by atoms with E-state index in [1.807, 2.05) is 18.2 Å². The Morgan fingerprint density at radius 2 is 1.83 bits per heavy atom. The molecule has 3 nitrogen and oxygen atoms in total. The van der Waals surface area contributed by atoms with Crippen molar-refractivity contribution in [3.05, 3.63) is 36.4 Å². The van der Waals surface area contributed by atoms with Crippen LogP contribution in [0.4, 0.5) is 4.79 Å². The molecule has 3 rings (SSSR count). The van der Waals surface area contributed by atoms with Crippen LogP contribution in [0.5, 0.6) is 5.75 Å². The summed E-state index contributed by atoms with van der Waals surface area (Å²) in [6, 6.07) is 12.2. The topological polar surface area (TPSA) is 35.5 Å². The van der Waals surface area contributed by atoms with E-state index in [9.17, 15) is 4.79 Å². The van der Waals surface area contributed by atoms with Gasteiger partial charge in [0.15, 0.2) is 4.90 Å². The van der Waals surface area contributed by atoms with Crippen molar-refractivity contribution < 1.29 is 14.3 Å². The van der Waals surface area contributed by atoms with E-state index in [1.165, 1.54) is 34.6 Å². The summed E-state index contributed by atoms with van der Waals surface area (Å²) in [6.45, 7) is 2.47. The Kier molecular flexibility index (Phi) is 5.44. The van der Waals surface area contributed by atoms with Gasteiger partial charge in [-0.3, -0.25) is 0 Å². The summed E-state index contributed by atoms with van der Waals surface area (Å²) in [5.41, 5.74) is 0. The minimum atomic E-state index is -0.611. The van der Waals surface area contributed by atoms with Crippen LogP contribution >= 0.6 is 0 Å². The minimum absolute atomic E-state index is 0.336. The van der Waals surface area contributed by atoms with Crippen molar-refractivity contribution in [3.63, 3.8) is 0 Å². The molecule has 0 bridgehead atoms. The zero-order valence-corrected chi connectivity index (χ0v) is 14.4. The highest BCUT2D eigenvalue weighted by Gasteiger charge is 2.28. The lowest BCUT2D eigenvalue weighted by atomic mass is 10.1. The number of hydrogen-bond acceptors (Lipinski definition) is 3. The Labute approximate surface area is 140 Å². The smallest absolute Gasteiger partial charge is 0.434 e. The SMILES string of the molecule is CCCCOC(=O)Oc1cccc2c([S+]3CCCC3)cccc12. The highest BCUT2D eigenvalue weighted by Crippen LogP contribution is 2.34. The minimum Gasteiger partial charge on any atom is -0.434 e. The largest absolute Gasteiger partial charge is 0.513 e. The third kappa shape index (κ3) is 3.81. The molecule has 0 aromatic heterocycles. The van der Waals surface area contributed by atoms with Crippen molar-refractivity contribution in [1.82, 2.24) is 0 Å². The summed E-state index contributed by atoms with van der Waals surface area (Å²) < 4.78 is 10.5. The average molecular weight is 331 g/mol. The fourth-order valence-corrected chi connectivity index (χ4v) is 5.40. The molecule has 0 unspecified atom stereocenters. The Morgan fingerprint density at radius 1 is 1.09 bits per heavy atom. The molecular weight excluding hydrogens is 308 g/mol. The third-order valence-corrected chi connectivity index (χ3v) is 6.64. The number of fused-ring (bicyclic) bond motifs is 1. The fourth-order valence-electron chi connectivity index (χ4n) is 2.89. The molecular formula is C19H23O3S+. The molecule has 0 amide bonds. The second kappa shape index (κ2) is 7.73. The first kappa shape index (κ1) is 16.2. The van der Waals surface area contributed by atoms with Gasteiger partial charge in [0.1, 0.15) is 17.3 Å². The second-order valence-corrected chi connectivity index (χ2v) is 8.01. The predicted octanol–water partition coefficient (Wildman–Crippen LogP) is 4.93. The van der Waals surface area contributed by atoms with Gasteiger partial charge in [0.25, 0.3) is 0 Å². The third-order valence-electron chi connectivity index (χ3n) is 4.10. The molecule has 0 spiro atoms. The van der Waals surface area contributed by atoms with E-state index < -0.39 is 6.16 Å². The molecule has 1 fully saturated rings. The van der Waals surface area contributed by atoms with Gasteiger partial charge in [-0.25, -0.2) is 4.79 Å². The zero-order chi connectivity index (χ0) is 16.1. The number of unbranched alkanes of at least 4 members (excludes halogenated alkanes) is 1. The monoisotopic (exact) mass is 331 g/mol. The van der Waals surface area contributed by atoms with Gasteiger partial charge in [-0.2, -0.15) is 0 Å². The van der Waals surface area contributed by atoms with Gasteiger partial charge in [-0.1, -0.05) is 31.5 Å². The van der Waals surface area contributed by atoms with E-state index in [1.54, 1.807) is 0 Å². The number of carbonyl (C=O) groups is 1. The fraction of sp³-hybridized carbons (Fsp3) is 0.421. The van der Waals surface area contributed by atoms with E-state index in [0.29, 0.717) is 23.3 Å². The molecule has 2 aromatic rings. The van der Waals surface area contributed by atoms with E-state index in [4.69, 9.17) is 9.47 Å². The number of ether oxygens (including phenoxy) is 2. The molecule has 1 aliphatic heterocycles. The van der Waals surface area contributed by atoms with Crippen molar-refractivity contribution in [2.75, 3.05) is 18.1 Å². The van der Waals surface area contributed by atoms with Crippen LogP contribution in [0.15, 0.2) is 41.3 Å². The van der Waals surface area contributed by atoms with Gasteiger partial charge >= 0.3 is 6.16 Å². The highest BCUT2D eigenvalue weighted by molar-refractivity contribution is 7.97.